The summed E-state index contributed by atoms with van der Waals surface area (Å²) < 4.78 is 13.5. The van der Waals surface area contributed by atoms with E-state index in [1.165, 1.54) is 11.3 Å². The standard InChI is InChI=1S/C17H12BrN3O3S/c1-23-12-4-3-9(5-13(12)24-2)6-14-16(22)21-15-11(20-17(21)25-14)7-10(18)8-19-15/h3-8H,1-2H3/b14-6-. The predicted octanol–water partition coefficient (Wildman–Crippen LogP) is 2.63. The molecule has 126 valence electrons. The molecule has 0 aliphatic carbocycles. The van der Waals surface area contributed by atoms with Crippen LogP contribution in [0.1, 0.15) is 5.56 Å². The first-order chi connectivity index (χ1) is 12.1. The van der Waals surface area contributed by atoms with Crippen molar-refractivity contribution >= 4 is 49.5 Å². The first-order valence-corrected chi connectivity index (χ1v) is 8.92. The number of fused-ring (bicyclic) bond motifs is 3. The van der Waals surface area contributed by atoms with Crippen molar-refractivity contribution in [2.45, 2.75) is 0 Å². The number of nitrogens with zero attached hydrogens (tertiary/aromatic N) is 3. The van der Waals surface area contributed by atoms with E-state index in [1.54, 1.807) is 24.8 Å². The lowest BCUT2D eigenvalue weighted by atomic mass is 10.2. The number of imidazole rings is 1. The minimum absolute atomic E-state index is 0.132. The fourth-order valence-corrected chi connectivity index (χ4v) is 3.90. The lowest BCUT2D eigenvalue weighted by Gasteiger charge is -2.07. The molecule has 0 bridgehead atoms. The summed E-state index contributed by atoms with van der Waals surface area (Å²) in [5.41, 5.74) is 1.97. The molecule has 4 rings (SSSR count). The molecule has 0 fully saturated rings. The molecule has 3 heterocycles. The Bertz CT molecular complexity index is 1220. The number of rotatable bonds is 3. The maximum absolute atomic E-state index is 12.8. The molecule has 8 heteroatoms. The Labute approximate surface area is 154 Å². The normalized spacial score (nSPS) is 12.2. The van der Waals surface area contributed by atoms with E-state index in [0.29, 0.717) is 32.2 Å². The maximum atomic E-state index is 12.8. The largest absolute Gasteiger partial charge is 0.493 e. The number of thiazole rings is 1. The van der Waals surface area contributed by atoms with Crippen molar-refractivity contribution < 1.29 is 9.47 Å². The lowest BCUT2D eigenvalue weighted by Crippen LogP contribution is -2.22. The van der Waals surface area contributed by atoms with E-state index in [1.807, 2.05) is 30.3 Å². The summed E-state index contributed by atoms with van der Waals surface area (Å²) in [5, 5.41) is 0. The van der Waals surface area contributed by atoms with Gasteiger partial charge in [0.1, 0.15) is 5.52 Å². The molecule has 0 aliphatic rings. The second-order valence-corrected chi connectivity index (χ2v) is 7.18. The van der Waals surface area contributed by atoms with Crippen LogP contribution in [0.15, 0.2) is 39.7 Å². The zero-order valence-electron chi connectivity index (χ0n) is 13.3. The molecule has 25 heavy (non-hydrogen) atoms. The molecule has 0 aliphatic heterocycles. The van der Waals surface area contributed by atoms with Gasteiger partial charge in [-0.2, -0.15) is 0 Å². The van der Waals surface area contributed by atoms with Crippen molar-refractivity contribution in [2.24, 2.45) is 0 Å². The number of hydrogen-bond acceptors (Lipinski definition) is 6. The van der Waals surface area contributed by atoms with Gasteiger partial charge in [0.2, 0.25) is 0 Å². The molecule has 0 unspecified atom stereocenters. The predicted molar refractivity (Wildman–Crippen MR) is 101 cm³/mol. The smallest absolute Gasteiger partial charge is 0.276 e. The van der Waals surface area contributed by atoms with Crippen molar-refractivity contribution in [2.75, 3.05) is 14.2 Å². The number of hydrogen-bond donors (Lipinski definition) is 0. The summed E-state index contributed by atoms with van der Waals surface area (Å²) in [6, 6.07) is 7.35. The van der Waals surface area contributed by atoms with Crippen LogP contribution in [0, 0.1) is 0 Å². The Morgan fingerprint density at radius 2 is 2.00 bits per heavy atom. The Morgan fingerprint density at radius 1 is 1.20 bits per heavy atom. The van der Waals surface area contributed by atoms with Gasteiger partial charge in [-0.05, 0) is 45.8 Å². The first kappa shape index (κ1) is 16.0. The van der Waals surface area contributed by atoms with E-state index >= 15 is 0 Å². The van der Waals surface area contributed by atoms with Gasteiger partial charge in [-0.3, -0.25) is 4.79 Å². The number of methoxy groups -OCH3 is 2. The zero-order chi connectivity index (χ0) is 17.6. The quantitative estimate of drug-likeness (QED) is 0.512. The topological polar surface area (TPSA) is 65.7 Å². The van der Waals surface area contributed by atoms with Crippen LogP contribution in [0.5, 0.6) is 11.5 Å². The van der Waals surface area contributed by atoms with Crippen molar-refractivity contribution in [3.05, 3.63) is 55.4 Å². The third-order valence-electron chi connectivity index (χ3n) is 3.75. The van der Waals surface area contributed by atoms with Gasteiger partial charge in [0.05, 0.1) is 18.8 Å². The highest BCUT2D eigenvalue weighted by atomic mass is 79.9. The molecular formula is C17H12BrN3O3S. The van der Waals surface area contributed by atoms with Gasteiger partial charge in [0.25, 0.3) is 5.56 Å². The zero-order valence-corrected chi connectivity index (χ0v) is 15.7. The SMILES string of the molecule is COc1ccc(/C=c2\sc3nc4cc(Br)cnc4n3c2=O)cc1OC. The van der Waals surface area contributed by atoms with E-state index in [0.717, 1.165) is 10.0 Å². The lowest BCUT2D eigenvalue weighted by molar-refractivity contribution is 0.355. The summed E-state index contributed by atoms with van der Waals surface area (Å²) in [6.07, 6.45) is 3.47. The van der Waals surface area contributed by atoms with Crippen molar-refractivity contribution in [3.63, 3.8) is 0 Å². The average Bonchev–Trinajstić information content (AvgIpc) is 3.10. The maximum Gasteiger partial charge on any atom is 0.276 e. The summed E-state index contributed by atoms with van der Waals surface area (Å²) >= 11 is 4.70. The summed E-state index contributed by atoms with van der Waals surface area (Å²) in [5.74, 6) is 1.26. The molecule has 4 aromatic rings. The molecule has 6 nitrogen and oxygen atoms in total. The molecule has 0 atom stereocenters. The van der Waals surface area contributed by atoms with E-state index < -0.39 is 0 Å². The number of aromatic nitrogens is 3. The average molecular weight is 418 g/mol. The van der Waals surface area contributed by atoms with Gasteiger partial charge in [-0.25, -0.2) is 14.4 Å². The highest BCUT2D eigenvalue weighted by molar-refractivity contribution is 9.10. The number of halogens is 1. The van der Waals surface area contributed by atoms with Crippen LogP contribution in [0.25, 0.3) is 22.2 Å². The van der Waals surface area contributed by atoms with Crippen molar-refractivity contribution in [3.8, 4) is 11.5 Å². The van der Waals surface area contributed by atoms with Gasteiger partial charge >= 0.3 is 0 Å². The Kier molecular flexibility index (Phi) is 3.93. The molecular weight excluding hydrogens is 406 g/mol. The molecule has 0 spiro atoms. The Morgan fingerprint density at radius 3 is 2.76 bits per heavy atom. The van der Waals surface area contributed by atoms with E-state index in [9.17, 15) is 4.79 Å². The Balaban J connectivity index is 1.91. The summed E-state index contributed by atoms with van der Waals surface area (Å²) in [4.78, 5) is 22.2. The van der Waals surface area contributed by atoms with Crippen molar-refractivity contribution in [1.82, 2.24) is 14.4 Å². The second-order valence-electron chi connectivity index (χ2n) is 5.26. The fourth-order valence-electron chi connectivity index (χ4n) is 2.61. The third kappa shape index (κ3) is 2.67. The molecule has 1 aromatic carbocycles. The minimum atomic E-state index is -0.132. The number of ether oxygens (including phenoxy) is 2. The minimum Gasteiger partial charge on any atom is -0.493 e. The molecule has 3 aromatic heterocycles. The Hall–Kier alpha value is -2.45. The van der Waals surface area contributed by atoms with Gasteiger partial charge in [0, 0.05) is 10.7 Å². The third-order valence-corrected chi connectivity index (χ3v) is 5.16. The van der Waals surface area contributed by atoms with Crippen LogP contribution in [0.4, 0.5) is 0 Å². The van der Waals surface area contributed by atoms with Crippen LogP contribution in [-0.4, -0.2) is 28.6 Å². The van der Waals surface area contributed by atoms with Crippen molar-refractivity contribution in [1.29, 1.82) is 0 Å². The molecule has 0 radical (unpaired) electrons. The van der Waals surface area contributed by atoms with Crippen LogP contribution >= 0.6 is 27.3 Å². The number of benzene rings is 1. The number of pyridine rings is 1. The fraction of sp³-hybridized carbons (Fsp3) is 0.118. The monoisotopic (exact) mass is 417 g/mol. The van der Waals surface area contributed by atoms with Gasteiger partial charge in [-0.15, -0.1) is 0 Å². The highest BCUT2D eigenvalue weighted by Crippen LogP contribution is 2.27. The van der Waals surface area contributed by atoms with Crippen LogP contribution in [0.3, 0.4) is 0 Å². The van der Waals surface area contributed by atoms with Crippen LogP contribution < -0.4 is 19.6 Å². The summed E-state index contributed by atoms with van der Waals surface area (Å²) in [6.45, 7) is 0. The summed E-state index contributed by atoms with van der Waals surface area (Å²) in [7, 11) is 3.16. The van der Waals surface area contributed by atoms with Gasteiger partial charge in [0.15, 0.2) is 22.1 Å². The van der Waals surface area contributed by atoms with Crippen LogP contribution in [0.2, 0.25) is 0 Å². The van der Waals surface area contributed by atoms with Gasteiger partial charge in [-0.1, -0.05) is 17.4 Å². The molecule has 0 saturated heterocycles. The molecule has 0 N–H and O–H groups in total. The highest BCUT2D eigenvalue weighted by Gasteiger charge is 2.12. The van der Waals surface area contributed by atoms with E-state index in [2.05, 4.69) is 25.9 Å². The van der Waals surface area contributed by atoms with Crippen LogP contribution in [-0.2, 0) is 0 Å². The molecule has 0 amide bonds. The molecule has 0 saturated carbocycles. The first-order valence-electron chi connectivity index (χ1n) is 7.31. The second kappa shape index (κ2) is 6.12. The van der Waals surface area contributed by atoms with Gasteiger partial charge < -0.3 is 9.47 Å². The van der Waals surface area contributed by atoms with E-state index in [-0.39, 0.29) is 5.56 Å². The van der Waals surface area contributed by atoms with E-state index in [4.69, 9.17) is 9.47 Å².